The van der Waals surface area contributed by atoms with Gasteiger partial charge in [0.25, 0.3) is 0 Å². The zero-order chi connectivity index (χ0) is 48.6. The number of nitrogens with zero attached hydrogens (tertiary/aromatic N) is 5. The second-order valence-electron chi connectivity index (χ2n) is 20.1. The standard InChI is InChI=1S/C67H49N5/c1-66(2)56-30-14-12-27-53(56)61-54(28-17-31-57(61)66)65-71-62(45-34-32-43(33-35-45)42-18-7-5-8-19-42)70-64(72-65)49-25-16-23-47(39-49)46-22-15-24-48(38-46)60-41-59(44-20-9-6-10-21-44)68-63(69-60)50-36-37-52-51-26-11-13-29-55(51)67(3,4)58(52)40-50/h5-41H,1-4H3. The maximum Gasteiger partial charge on any atom is 0.164 e. The summed E-state index contributed by atoms with van der Waals surface area (Å²) in [7, 11) is 0. The van der Waals surface area contributed by atoms with Crippen molar-refractivity contribution in [2.75, 3.05) is 0 Å². The van der Waals surface area contributed by atoms with Crippen molar-refractivity contribution in [2.45, 2.75) is 38.5 Å². The molecule has 0 atom stereocenters. The predicted octanol–water partition coefficient (Wildman–Crippen LogP) is 16.6. The molecule has 5 nitrogen and oxygen atoms in total. The van der Waals surface area contributed by atoms with Crippen LogP contribution in [0.2, 0.25) is 0 Å². The number of benzene rings is 9. The van der Waals surface area contributed by atoms with Crippen LogP contribution in [0.1, 0.15) is 49.9 Å². The van der Waals surface area contributed by atoms with Crippen LogP contribution in [0.4, 0.5) is 0 Å². The lowest BCUT2D eigenvalue weighted by Gasteiger charge is -2.21. The Kier molecular flexibility index (Phi) is 10.1. The molecule has 0 radical (unpaired) electrons. The summed E-state index contributed by atoms with van der Waals surface area (Å²) >= 11 is 0. The van der Waals surface area contributed by atoms with E-state index < -0.39 is 0 Å². The second kappa shape index (κ2) is 16.9. The van der Waals surface area contributed by atoms with Gasteiger partial charge in [-0.3, -0.25) is 0 Å². The Morgan fingerprint density at radius 2 is 0.653 bits per heavy atom. The van der Waals surface area contributed by atoms with Crippen molar-refractivity contribution in [1.29, 1.82) is 0 Å². The van der Waals surface area contributed by atoms with Gasteiger partial charge in [0.1, 0.15) is 0 Å². The first-order chi connectivity index (χ1) is 35.2. The van der Waals surface area contributed by atoms with Crippen LogP contribution in [0.15, 0.2) is 224 Å². The third-order valence-corrected chi connectivity index (χ3v) is 15.0. The van der Waals surface area contributed by atoms with E-state index in [1.807, 2.05) is 12.1 Å². The number of aromatic nitrogens is 5. The Morgan fingerprint density at radius 1 is 0.236 bits per heavy atom. The average Bonchev–Trinajstić information content (AvgIpc) is 3.82. The van der Waals surface area contributed by atoms with E-state index in [-0.39, 0.29) is 10.8 Å². The number of hydrogen-bond acceptors (Lipinski definition) is 5. The summed E-state index contributed by atoms with van der Waals surface area (Å²) in [5.74, 6) is 2.57. The van der Waals surface area contributed by atoms with E-state index in [1.54, 1.807) is 0 Å². The molecule has 9 aromatic carbocycles. The predicted molar refractivity (Wildman–Crippen MR) is 294 cm³/mol. The molecule has 11 aromatic rings. The molecule has 2 aromatic heterocycles. The first kappa shape index (κ1) is 43.1. The third-order valence-electron chi connectivity index (χ3n) is 15.0. The summed E-state index contributed by atoms with van der Waals surface area (Å²) < 4.78 is 0. The highest BCUT2D eigenvalue weighted by Gasteiger charge is 2.38. The van der Waals surface area contributed by atoms with Gasteiger partial charge >= 0.3 is 0 Å². The Bertz CT molecular complexity index is 3910. The van der Waals surface area contributed by atoms with Crippen molar-refractivity contribution in [3.8, 4) is 113 Å². The summed E-state index contributed by atoms with van der Waals surface area (Å²) in [6.45, 7) is 9.24. The normalized spacial score (nSPS) is 13.5. The fourth-order valence-corrected chi connectivity index (χ4v) is 11.2. The Morgan fingerprint density at radius 3 is 1.38 bits per heavy atom. The molecule has 5 heteroatoms. The van der Waals surface area contributed by atoms with E-state index in [1.165, 1.54) is 44.5 Å². The minimum atomic E-state index is -0.167. The molecule has 0 unspecified atom stereocenters. The minimum Gasteiger partial charge on any atom is -0.228 e. The monoisotopic (exact) mass is 923 g/mol. The molecule has 2 heterocycles. The van der Waals surface area contributed by atoms with Gasteiger partial charge < -0.3 is 0 Å². The molecular formula is C67H49N5. The van der Waals surface area contributed by atoms with Gasteiger partial charge in [-0.1, -0.05) is 228 Å². The van der Waals surface area contributed by atoms with Gasteiger partial charge in [0.2, 0.25) is 0 Å². The zero-order valence-electron chi connectivity index (χ0n) is 40.6. The quantitative estimate of drug-likeness (QED) is 0.152. The number of hydrogen-bond donors (Lipinski definition) is 0. The van der Waals surface area contributed by atoms with Gasteiger partial charge in [0.15, 0.2) is 23.3 Å². The van der Waals surface area contributed by atoms with Crippen molar-refractivity contribution >= 4 is 0 Å². The fraction of sp³-hybridized carbons (Fsp3) is 0.0896. The van der Waals surface area contributed by atoms with E-state index in [9.17, 15) is 0 Å². The smallest absolute Gasteiger partial charge is 0.164 e. The van der Waals surface area contributed by atoms with Crippen molar-refractivity contribution in [3.63, 3.8) is 0 Å². The number of fused-ring (bicyclic) bond motifs is 6. The minimum absolute atomic E-state index is 0.145. The SMILES string of the molecule is CC1(C)c2ccccc2-c2ccc(-c3nc(-c4ccccc4)cc(-c4cccc(-c5cccc(-c6nc(-c7ccc(-c8ccccc8)cc7)nc(-c7cccc8c7-c7ccccc7C8(C)C)n6)c5)c4)n3)cc21. The van der Waals surface area contributed by atoms with E-state index in [0.29, 0.717) is 23.3 Å². The van der Waals surface area contributed by atoms with Crippen LogP contribution in [0.5, 0.6) is 0 Å². The van der Waals surface area contributed by atoms with Crippen LogP contribution in [0, 0.1) is 0 Å². The zero-order valence-corrected chi connectivity index (χ0v) is 40.6. The molecule has 2 aliphatic rings. The molecule has 0 fully saturated rings. The van der Waals surface area contributed by atoms with Crippen LogP contribution in [0.25, 0.3) is 113 Å². The fourth-order valence-electron chi connectivity index (χ4n) is 11.2. The first-order valence-electron chi connectivity index (χ1n) is 24.7. The van der Waals surface area contributed by atoms with Gasteiger partial charge in [-0.15, -0.1) is 0 Å². The Balaban J connectivity index is 0.912. The Hall–Kier alpha value is -8.93. The average molecular weight is 924 g/mol. The molecule has 0 saturated heterocycles. The van der Waals surface area contributed by atoms with E-state index in [4.69, 9.17) is 24.9 Å². The third kappa shape index (κ3) is 7.27. The largest absolute Gasteiger partial charge is 0.228 e. The summed E-state index contributed by atoms with van der Waals surface area (Å²) in [5, 5.41) is 0. The van der Waals surface area contributed by atoms with Crippen LogP contribution in [-0.2, 0) is 10.8 Å². The molecule has 2 aliphatic carbocycles. The Labute approximate surface area is 420 Å². The highest BCUT2D eigenvalue weighted by Crippen LogP contribution is 2.52. The van der Waals surface area contributed by atoms with Crippen molar-refractivity contribution < 1.29 is 0 Å². The van der Waals surface area contributed by atoms with Crippen LogP contribution >= 0.6 is 0 Å². The molecule has 0 N–H and O–H groups in total. The van der Waals surface area contributed by atoms with Crippen LogP contribution in [0.3, 0.4) is 0 Å². The lowest BCUT2D eigenvalue weighted by molar-refractivity contribution is 0.660. The first-order valence-corrected chi connectivity index (χ1v) is 24.7. The van der Waals surface area contributed by atoms with E-state index >= 15 is 0 Å². The molecule has 342 valence electrons. The lowest BCUT2D eigenvalue weighted by Crippen LogP contribution is -2.15. The molecule has 0 saturated carbocycles. The maximum atomic E-state index is 5.34. The highest BCUT2D eigenvalue weighted by atomic mass is 15.0. The lowest BCUT2D eigenvalue weighted by atomic mass is 9.82. The van der Waals surface area contributed by atoms with Gasteiger partial charge in [-0.25, -0.2) is 24.9 Å². The summed E-state index contributed by atoms with van der Waals surface area (Å²) in [4.78, 5) is 26.4. The molecule has 13 rings (SSSR count). The molecule has 0 amide bonds. The van der Waals surface area contributed by atoms with Crippen molar-refractivity contribution in [1.82, 2.24) is 24.9 Å². The summed E-state index contributed by atoms with van der Waals surface area (Å²) in [6.07, 6.45) is 0. The molecule has 0 bridgehead atoms. The van der Waals surface area contributed by atoms with Gasteiger partial charge in [0.05, 0.1) is 11.4 Å². The molecule has 0 spiro atoms. The van der Waals surface area contributed by atoms with E-state index in [2.05, 4.69) is 240 Å². The summed E-state index contributed by atoms with van der Waals surface area (Å²) in [5.41, 5.74) is 21.8. The molecule has 0 aliphatic heterocycles. The van der Waals surface area contributed by atoms with Crippen LogP contribution < -0.4 is 0 Å². The highest BCUT2D eigenvalue weighted by molar-refractivity contribution is 5.92. The second-order valence-corrected chi connectivity index (χ2v) is 20.1. The van der Waals surface area contributed by atoms with Crippen molar-refractivity contribution in [2.24, 2.45) is 0 Å². The molecular weight excluding hydrogens is 875 g/mol. The van der Waals surface area contributed by atoms with Crippen molar-refractivity contribution in [3.05, 3.63) is 247 Å². The van der Waals surface area contributed by atoms with Gasteiger partial charge in [-0.2, -0.15) is 0 Å². The van der Waals surface area contributed by atoms with Crippen LogP contribution in [-0.4, -0.2) is 24.9 Å². The number of rotatable bonds is 8. The summed E-state index contributed by atoms with van der Waals surface area (Å²) in [6, 6.07) is 79.4. The topological polar surface area (TPSA) is 64.5 Å². The maximum absolute atomic E-state index is 5.34. The molecule has 72 heavy (non-hydrogen) atoms. The van der Waals surface area contributed by atoms with E-state index in [0.717, 1.165) is 67.0 Å². The van der Waals surface area contributed by atoms with Gasteiger partial charge in [-0.05, 0) is 91.0 Å². The van der Waals surface area contributed by atoms with Gasteiger partial charge in [0, 0.05) is 44.2 Å².